The van der Waals surface area contributed by atoms with Gasteiger partial charge in [0.1, 0.15) is 0 Å². The second-order valence-corrected chi connectivity index (χ2v) is 4.38. The highest BCUT2D eigenvalue weighted by atomic mass is 16.6. The highest BCUT2D eigenvalue weighted by Gasteiger charge is 2.60. The van der Waals surface area contributed by atoms with Crippen LogP contribution in [-0.4, -0.2) is 23.9 Å². The molecule has 16 heavy (non-hydrogen) atoms. The van der Waals surface area contributed by atoms with Crippen LogP contribution in [0.3, 0.4) is 0 Å². The van der Waals surface area contributed by atoms with E-state index >= 15 is 0 Å². The molecule has 4 atom stereocenters. The zero-order valence-corrected chi connectivity index (χ0v) is 8.17. The van der Waals surface area contributed by atoms with E-state index in [0.717, 1.165) is 0 Å². The SMILES string of the molecule is O=C1C[C@H]2[C@@H](C(=O)O1)[C@H]1C[C@@H]2C(=O)OC1=O. The summed E-state index contributed by atoms with van der Waals surface area (Å²) in [6.45, 7) is 0. The van der Waals surface area contributed by atoms with Crippen molar-refractivity contribution in [3.05, 3.63) is 0 Å². The molecule has 3 rings (SSSR count). The van der Waals surface area contributed by atoms with E-state index in [1.165, 1.54) is 0 Å². The summed E-state index contributed by atoms with van der Waals surface area (Å²) in [5.74, 6) is -4.83. The summed E-state index contributed by atoms with van der Waals surface area (Å²) in [5.41, 5.74) is 0. The van der Waals surface area contributed by atoms with Crippen molar-refractivity contribution in [2.75, 3.05) is 0 Å². The van der Waals surface area contributed by atoms with Crippen molar-refractivity contribution in [2.45, 2.75) is 12.8 Å². The quantitative estimate of drug-likeness (QED) is 0.404. The van der Waals surface area contributed by atoms with Gasteiger partial charge < -0.3 is 9.47 Å². The minimum absolute atomic E-state index is 0.0138. The first-order valence-corrected chi connectivity index (χ1v) is 5.08. The van der Waals surface area contributed by atoms with Crippen LogP contribution >= 0.6 is 0 Å². The van der Waals surface area contributed by atoms with Gasteiger partial charge in [0.05, 0.1) is 24.2 Å². The monoisotopic (exact) mass is 224 g/mol. The van der Waals surface area contributed by atoms with Crippen molar-refractivity contribution in [1.29, 1.82) is 0 Å². The number of ether oxygens (including phenoxy) is 2. The molecule has 3 aliphatic rings. The van der Waals surface area contributed by atoms with Crippen LogP contribution in [0.1, 0.15) is 12.8 Å². The maximum Gasteiger partial charge on any atom is 0.317 e. The number of hydrogen-bond acceptors (Lipinski definition) is 6. The Morgan fingerprint density at radius 2 is 1.56 bits per heavy atom. The van der Waals surface area contributed by atoms with Crippen LogP contribution in [0.5, 0.6) is 0 Å². The first-order chi connectivity index (χ1) is 7.58. The van der Waals surface area contributed by atoms with E-state index < -0.39 is 47.5 Å². The Morgan fingerprint density at radius 3 is 2.31 bits per heavy atom. The van der Waals surface area contributed by atoms with Crippen LogP contribution in [0, 0.1) is 23.7 Å². The Morgan fingerprint density at radius 1 is 0.875 bits per heavy atom. The molecule has 3 fully saturated rings. The molecule has 0 N–H and O–H groups in total. The minimum atomic E-state index is -0.694. The molecule has 1 aliphatic carbocycles. The molecule has 2 heterocycles. The second-order valence-electron chi connectivity index (χ2n) is 4.38. The van der Waals surface area contributed by atoms with E-state index in [-0.39, 0.29) is 6.42 Å². The van der Waals surface area contributed by atoms with Crippen molar-refractivity contribution in [3.8, 4) is 0 Å². The molecule has 6 heteroatoms. The molecule has 84 valence electrons. The fraction of sp³-hybridized carbons (Fsp3) is 0.600. The number of esters is 4. The van der Waals surface area contributed by atoms with Gasteiger partial charge in [-0.2, -0.15) is 0 Å². The summed E-state index contributed by atoms with van der Waals surface area (Å²) < 4.78 is 9.05. The molecule has 0 amide bonds. The predicted molar refractivity (Wildman–Crippen MR) is 45.4 cm³/mol. The van der Waals surface area contributed by atoms with Crippen molar-refractivity contribution in [2.24, 2.45) is 23.7 Å². The zero-order valence-electron chi connectivity index (χ0n) is 8.17. The Hall–Kier alpha value is -1.72. The highest BCUT2D eigenvalue weighted by Crippen LogP contribution is 2.49. The molecule has 1 saturated carbocycles. The number of carbonyl (C=O) groups excluding carboxylic acids is 4. The molecule has 2 bridgehead atoms. The Kier molecular flexibility index (Phi) is 1.72. The number of carbonyl (C=O) groups is 4. The fourth-order valence-electron chi connectivity index (χ4n) is 2.93. The van der Waals surface area contributed by atoms with E-state index in [1.807, 2.05) is 0 Å². The second kappa shape index (κ2) is 2.90. The third kappa shape index (κ3) is 1.07. The van der Waals surface area contributed by atoms with Gasteiger partial charge in [-0.3, -0.25) is 19.2 Å². The molecule has 0 unspecified atom stereocenters. The lowest BCUT2D eigenvalue weighted by Crippen LogP contribution is -2.37. The molecular weight excluding hydrogens is 216 g/mol. The van der Waals surface area contributed by atoms with E-state index in [0.29, 0.717) is 6.42 Å². The van der Waals surface area contributed by atoms with Gasteiger partial charge in [0.15, 0.2) is 0 Å². The summed E-state index contributed by atoms with van der Waals surface area (Å²) in [4.78, 5) is 45.5. The third-order valence-corrected chi connectivity index (χ3v) is 3.62. The van der Waals surface area contributed by atoms with E-state index in [4.69, 9.17) is 0 Å². The largest absolute Gasteiger partial charge is 0.393 e. The lowest BCUT2D eigenvalue weighted by Gasteiger charge is -2.24. The summed E-state index contributed by atoms with van der Waals surface area (Å²) in [7, 11) is 0. The van der Waals surface area contributed by atoms with E-state index in [2.05, 4.69) is 9.47 Å². The molecule has 0 radical (unpaired) electrons. The number of hydrogen-bond donors (Lipinski definition) is 0. The molecule has 2 saturated heterocycles. The lowest BCUT2D eigenvalue weighted by molar-refractivity contribution is -0.174. The standard InChI is InChI=1S/C10H8O6/c11-6-2-3-4-1-5(7(3)10(14)15-6)9(13)16-8(4)12/h3-5,7H,1-2H2/t3-,4+,5-,7-/m1/s1. The maximum absolute atomic E-state index is 11.5. The molecule has 6 nitrogen and oxygen atoms in total. The Labute approximate surface area is 89.9 Å². The topological polar surface area (TPSA) is 86.7 Å². The predicted octanol–water partition coefficient (Wildman–Crippen LogP) is -0.588. The summed E-state index contributed by atoms with van der Waals surface area (Å²) >= 11 is 0. The summed E-state index contributed by atoms with van der Waals surface area (Å²) in [5, 5.41) is 0. The number of cyclic esters (lactones) is 4. The first kappa shape index (κ1) is 9.50. The van der Waals surface area contributed by atoms with Crippen LogP contribution in [0.4, 0.5) is 0 Å². The van der Waals surface area contributed by atoms with Gasteiger partial charge in [0.2, 0.25) is 0 Å². The zero-order chi connectivity index (χ0) is 11.4. The average molecular weight is 224 g/mol. The lowest BCUT2D eigenvalue weighted by atomic mass is 9.83. The minimum Gasteiger partial charge on any atom is -0.393 e. The van der Waals surface area contributed by atoms with Gasteiger partial charge in [-0.05, 0) is 12.3 Å². The molecule has 0 aromatic heterocycles. The van der Waals surface area contributed by atoms with Crippen molar-refractivity contribution in [1.82, 2.24) is 0 Å². The summed E-state index contributed by atoms with van der Waals surface area (Å²) in [6, 6.07) is 0. The molecule has 2 aliphatic heterocycles. The first-order valence-electron chi connectivity index (χ1n) is 5.08. The van der Waals surface area contributed by atoms with E-state index in [1.54, 1.807) is 0 Å². The smallest absolute Gasteiger partial charge is 0.317 e. The van der Waals surface area contributed by atoms with Gasteiger partial charge in [0.25, 0.3) is 0 Å². The number of rotatable bonds is 0. The van der Waals surface area contributed by atoms with Crippen LogP contribution < -0.4 is 0 Å². The average Bonchev–Trinajstić information content (AvgIpc) is 2.52. The summed E-state index contributed by atoms with van der Waals surface area (Å²) in [6.07, 6.45) is 0.315. The molecule has 0 aromatic carbocycles. The van der Waals surface area contributed by atoms with Crippen molar-refractivity contribution >= 4 is 23.9 Å². The van der Waals surface area contributed by atoms with Crippen LogP contribution in [0.2, 0.25) is 0 Å². The van der Waals surface area contributed by atoms with Gasteiger partial charge in [-0.15, -0.1) is 0 Å². The van der Waals surface area contributed by atoms with Gasteiger partial charge in [0, 0.05) is 0 Å². The molecule has 0 aromatic rings. The van der Waals surface area contributed by atoms with Crippen LogP contribution in [0.25, 0.3) is 0 Å². The normalized spacial score (nSPS) is 41.5. The van der Waals surface area contributed by atoms with Gasteiger partial charge in [-0.1, -0.05) is 0 Å². The molecular formula is C10H8O6. The third-order valence-electron chi connectivity index (χ3n) is 3.62. The van der Waals surface area contributed by atoms with Crippen molar-refractivity contribution < 1.29 is 28.7 Å². The van der Waals surface area contributed by atoms with Crippen LogP contribution in [-0.2, 0) is 28.7 Å². The maximum atomic E-state index is 11.5. The fourth-order valence-corrected chi connectivity index (χ4v) is 2.93. The molecule has 0 spiro atoms. The van der Waals surface area contributed by atoms with Gasteiger partial charge >= 0.3 is 23.9 Å². The van der Waals surface area contributed by atoms with Gasteiger partial charge in [-0.25, -0.2) is 0 Å². The Balaban J connectivity index is 2.02. The van der Waals surface area contributed by atoms with Crippen LogP contribution in [0.15, 0.2) is 0 Å². The van der Waals surface area contributed by atoms with E-state index in [9.17, 15) is 19.2 Å². The van der Waals surface area contributed by atoms with Crippen molar-refractivity contribution in [3.63, 3.8) is 0 Å². The highest BCUT2D eigenvalue weighted by molar-refractivity contribution is 5.99. The number of fused-ring (bicyclic) bond motifs is 5. The Bertz CT molecular complexity index is 425.